The first-order valence-corrected chi connectivity index (χ1v) is 12.5. The third-order valence-electron chi connectivity index (χ3n) is 7.22. The number of piperazine rings is 1. The van der Waals surface area contributed by atoms with Crippen LogP contribution in [0.25, 0.3) is 11.0 Å². The summed E-state index contributed by atoms with van der Waals surface area (Å²) in [4.78, 5) is 27.1. The Kier molecular flexibility index (Phi) is 5.89. The Morgan fingerprint density at radius 2 is 1.67 bits per heavy atom. The molecule has 1 aliphatic carbocycles. The fourth-order valence-corrected chi connectivity index (χ4v) is 5.02. The molecule has 2 aliphatic rings. The van der Waals surface area contributed by atoms with Gasteiger partial charge < -0.3 is 15.1 Å². The Morgan fingerprint density at radius 3 is 2.36 bits per heavy atom. The fourth-order valence-electron chi connectivity index (χ4n) is 5.02. The molecule has 0 bridgehead atoms. The SMILES string of the molecule is CN1CCN(c2ccc(Nc3ncc4ccc(=O)n(C(c5ccc(F)cc5)C5CC5)c4n3)cc2)CC1. The maximum Gasteiger partial charge on any atom is 0.252 e. The average Bonchev–Trinajstić information content (AvgIpc) is 3.73. The Morgan fingerprint density at radius 1 is 0.944 bits per heavy atom. The van der Waals surface area contributed by atoms with Crippen molar-refractivity contribution in [3.63, 3.8) is 0 Å². The molecule has 2 aromatic carbocycles. The number of fused-ring (bicyclic) bond motifs is 1. The molecule has 4 aromatic rings. The van der Waals surface area contributed by atoms with Gasteiger partial charge in [0.05, 0.1) is 6.04 Å². The number of aromatic nitrogens is 3. The number of likely N-dealkylation sites (N-methyl/N-ethyl adjacent to an activating group) is 1. The zero-order valence-corrected chi connectivity index (χ0v) is 20.3. The molecule has 3 heterocycles. The van der Waals surface area contributed by atoms with E-state index in [9.17, 15) is 9.18 Å². The standard InChI is InChI=1S/C28H29FN6O/c1-33-14-16-34(17-15-33)24-11-9-23(10-12-24)31-28-30-18-21-6-13-25(36)35(27(21)32-28)26(19-2-3-19)20-4-7-22(29)8-5-20/h4-13,18-19,26H,2-3,14-17H2,1H3,(H,30,31,32). The summed E-state index contributed by atoms with van der Waals surface area (Å²) < 4.78 is 15.4. The summed E-state index contributed by atoms with van der Waals surface area (Å²) in [5.41, 5.74) is 3.46. The van der Waals surface area contributed by atoms with Gasteiger partial charge in [0.15, 0.2) is 0 Å². The minimum Gasteiger partial charge on any atom is -0.369 e. The maximum absolute atomic E-state index is 13.6. The topological polar surface area (TPSA) is 66.3 Å². The smallest absolute Gasteiger partial charge is 0.252 e. The molecule has 0 spiro atoms. The summed E-state index contributed by atoms with van der Waals surface area (Å²) in [5.74, 6) is 0.473. The van der Waals surface area contributed by atoms with Crippen molar-refractivity contribution in [1.82, 2.24) is 19.4 Å². The molecule has 2 aromatic heterocycles. The zero-order chi connectivity index (χ0) is 24.6. The van der Waals surface area contributed by atoms with E-state index in [0.717, 1.165) is 55.7 Å². The first kappa shape index (κ1) is 22.7. The minimum atomic E-state index is -0.286. The molecule has 1 unspecified atom stereocenters. The van der Waals surface area contributed by atoms with E-state index < -0.39 is 0 Å². The van der Waals surface area contributed by atoms with Gasteiger partial charge in [-0.2, -0.15) is 4.98 Å². The lowest BCUT2D eigenvalue weighted by molar-refractivity contribution is 0.313. The van der Waals surface area contributed by atoms with Gasteiger partial charge >= 0.3 is 0 Å². The predicted octanol–water partition coefficient (Wildman–Crippen LogP) is 4.43. The van der Waals surface area contributed by atoms with Crippen LogP contribution in [0.5, 0.6) is 0 Å². The van der Waals surface area contributed by atoms with Crippen LogP contribution >= 0.6 is 0 Å². The van der Waals surface area contributed by atoms with Crippen LogP contribution in [0, 0.1) is 11.7 Å². The van der Waals surface area contributed by atoms with Gasteiger partial charge in [0, 0.05) is 55.2 Å². The van der Waals surface area contributed by atoms with E-state index in [2.05, 4.69) is 39.3 Å². The summed E-state index contributed by atoms with van der Waals surface area (Å²) in [6, 6.07) is 17.9. The van der Waals surface area contributed by atoms with Crippen LogP contribution in [-0.2, 0) is 0 Å². The van der Waals surface area contributed by atoms with Gasteiger partial charge in [-0.1, -0.05) is 12.1 Å². The van der Waals surface area contributed by atoms with E-state index in [0.29, 0.717) is 17.5 Å². The van der Waals surface area contributed by atoms with Crippen LogP contribution in [0.3, 0.4) is 0 Å². The van der Waals surface area contributed by atoms with Crippen molar-refractivity contribution >= 4 is 28.4 Å². The van der Waals surface area contributed by atoms with Crippen molar-refractivity contribution in [2.45, 2.75) is 18.9 Å². The Bertz CT molecular complexity index is 1420. The van der Waals surface area contributed by atoms with Gasteiger partial charge in [0.2, 0.25) is 5.95 Å². The van der Waals surface area contributed by atoms with Gasteiger partial charge in [-0.3, -0.25) is 9.36 Å². The van der Waals surface area contributed by atoms with E-state index in [1.807, 2.05) is 12.1 Å². The van der Waals surface area contributed by atoms with Crippen molar-refractivity contribution in [3.8, 4) is 0 Å². The second-order valence-electron chi connectivity index (χ2n) is 9.81. The number of halogens is 1. The highest BCUT2D eigenvalue weighted by Crippen LogP contribution is 2.43. The normalized spacial score (nSPS) is 17.3. The number of rotatable bonds is 6. The molecule has 7 nitrogen and oxygen atoms in total. The molecular weight excluding hydrogens is 455 g/mol. The maximum atomic E-state index is 13.6. The van der Waals surface area contributed by atoms with Crippen molar-refractivity contribution < 1.29 is 4.39 Å². The summed E-state index contributed by atoms with van der Waals surface area (Å²) in [6.45, 7) is 4.16. The van der Waals surface area contributed by atoms with E-state index in [4.69, 9.17) is 4.98 Å². The van der Waals surface area contributed by atoms with Gasteiger partial charge in [0.1, 0.15) is 11.5 Å². The number of nitrogens with zero attached hydrogens (tertiary/aromatic N) is 5. The molecule has 36 heavy (non-hydrogen) atoms. The molecule has 1 aliphatic heterocycles. The molecule has 1 atom stereocenters. The Balaban J connectivity index is 1.31. The summed E-state index contributed by atoms with van der Waals surface area (Å²) in [6.07, 6.45) is 3.80. The lowest BCUT2D eigenvalue weighted by Gasteiger charge is -2.34. The first-order valence-electron chi connectivity index (χ1n) is 12.5. The molecule has 2 fully saturated rings. The molecule has 1 saturated carbocycles. The van der Waals surface area contributed by atoms with Crippen LogP contribution in [0.15, 0.2) is 71.7 Å². The zero-order valence-electron chi connectivity index (χ0n) is 20.3. The van der Waals surface area contributed by atoms with E-state index in [-0.39, 0.29) is 17.4 Å². The number of benzene rings is 2. The van der Waals surface area contributed by atoms with Crippen molar-refractivity contribution in [2.75, 3.05) is 43.4 Å². The quantitative estimate of drug-likeness (QED) is 0.437. The number of anilines is 3. The van der Waals surface area contributed by atoms with Crippen LogP contribution in [-0.4, -0.2) is 52.7 Å². The monoisotopic (exact) mass is 484 g/mol. The van der Waals surface area contributed by atoms with Crippen molar-refractivity contribution in [3.05, 3.63) is 88.6 Å². The van der Waals surface area contributed by atoms with Gasteiger partial charge in [-0.25, -0.2) is 9.37 Å². The van der Waals surface area contributed by atoms with Crippen LogP contribution in [0.1, 0.15) is 24.4 Å². The molecule has 184 valence electrons. The Hall–Kier alpha value is -3.78. The lowest BCUT2D eigenvalue weighted by atomic mass is 10.0. The van der Waals surface area contributed by atoms with Crippen LogP contribution < -0.4 is 15.8 Å². The summed E-state index contributed by atoms with van der Waals surface area (Å²) >= 11 is 0. The highest BCUT2D eigenvalue weighted by Gasteiger charge is 2.35. The summed E-state index contributed by atoms with van der Waals surface area (Å²) in [7, 11) is 2.15. The number of pyridine rings is 1. The number of nitrogens with one attached hydrogen (secondary N) is 1. The summed E-state index contributed by atoms with van der Waals surface area (Å²) in [5, 5.41) is 4.09. The van der Waals surface area contributed by atoms with Crippen LogP contribution in [0.4, 0.5) is 21.7 Å². The van der Waals surface area contributed by atoms with Crippen molar-refractivity contribution in [1.29, 1.82) is 0 Å². The van der Waals surface area contributed by atoms with E-state index in [1.165, 1.54) is 17.8 Å². The van der Waals surface area contributed by atoms with Gasteiger partial charge in [-0.05, 0) is 73.8 Å². The lowest BCUT2D eigenvalue weighted by Crippen LogP contribution is -2.44. The molecule has 1 N–H and O–H groups in total. The molecule has 1 saturated heterocycles. The molecule has 8 heteroatoms. The predicted molar refractivity (Wildman–Crippen MR) is 140 cm³/mol. The first-order chi connectivity index (χ1) is 17.5. The molecule has 0 radical (unpaired) electrons. The third-order valence-corrected chi connectivity index (χ3v) is 7.22. The Labute approximate surface area is 209 Å². The second-order valence-corrected chi connectivity index (χ2v) is 9.81. The minimum absolute atomic E-state index is 0.120. The van der Waals surface area contributed by atoms with E-state index in [1.54, 1.807) is 35.0 Å². The number of hydrogen-bond acceptors (Lipinski definition) is 6. The number of hydrogen-bond donors (Lipinski definition) is 1. The van der Waals surface area contributed by atoms with Crippen molar-refractivity contribution in [2.24, 2.45) is 5.92 Å². The average molecular weight is 485 g/mol. The molecule has 6 rings (SSSR count). The van der Waals surface area contributed by atoms with Gasteiger partial charge in [-0.15, -0.1) is 0 Å². The van der Waals surface area contributed by atoms with Gasteiger partial charge in [0.25, 0.3) is 5.56 Å². The third kappa shape index (κ3) is 4.56. The highest BCUT2D eigenvalue weighted by molar-refractivity contribution is 5.76. The second kappa shape index (κ2) is 9.35. The molecule has 0 amide bonds. The molecular formula is C28H29FN6O. The fraction of sp³-hybridized carbons (Fsp3) is 0.321. The highest BCUT2D eigenvalue weighted by atomic mass is 19.1. The largest absolute Gasteiger partial charge is 0.369 e. The van der Waals surface area contributed by atoms with E-state index >= 15 is 0 Å². The van der Waals surface area contributed by atoms with Crippen LogP contribution in [0.2, 0.25) is 0 Å².